The number of nitrogens with one attached hydrogen (secondary N) is 5. The van der Waals surface area contributed by atoms with E-state index in [-0.39, 0.29) is 35.3 Å². The molecule has 0 aliphatic heterocycles. The standard InChI is InChI=1S/C32H48N6O8S2/c1-18(2)14-23(30(41)37-24(32(43)44)15-19(3)4)36-29(40)20(5)34-31(42)25(17-47)35-28(39)16-33-48(45,46)27-13-9-10-21-22(27)11-8-12-26(21)38(6)7/h8-13,18-20,23-25,33,47H,14-17H2,1-7H3,(H,34,42)(H,35,39)(H,36,40)(H,37,41)(H,43,44)/t20-,23-,24-,25-/m0/s1. The van der Waals surface area contributed by atoms with Crippen LogP contribution in [-0.2, 0) is 34.0 Å². The van der Waals surface area contributed by atoms with Crippen LogP contribution in [0.15, 0.2) is 41.3 Å². The smallest absolute Gasteiger partial charge is 0.326 e. The average Bonchev–Trinajstić information content (AvgIpc) is 3.00. The number of carbonyl (C=O) groups excluding carboxylic acids is 4. The molecule has 4 amide bonds. The molecule has 0 bridgehead atoms. The van der Waals surface area contributed by atoms with E-state index in [0.29, 0.717) is 10.8 Å². The van der Waals surface area contributed by atoms with E-state index in [1.165, 1.54) is 13.0 Å². The third-order valence-corrected chi connectivity index (χ3v) is 9.13. The van der Waals surface area contributed by atoms with Crippen molar-refractivity contribution in [3.8, 4) is 0 Å². The zero-order chi connectivity index (χ0) is 36.3. The Kier molecular flexibility index (Phi) is 15.1. The van der Waals surface area contributed by atoms with Crippen molar-refractivity contribution >= 4 is 68.7 Å². The molecule has 16 heteroatoms. The molecule has 2 rings (SSSR count). The van der Waals surface area contributed by atoms with Gasteiger partial charge in [0.1, 0.15) is 24.2 Å². The number of rotatable bonds is 18. The van der Waals surface area contributed by atoms with Crippen LogP contribution in [0.1, 0.15) is 47.5 Å². The van der Waals surface area contributed by atoms with Crippen LogP contribution < -0.4 is 30.9 Å². The molecule has 0 heterocycles. The fourth-order valence-corrected chi connectivity index (χ4v) is 6.37. The van der Waals surface area contributed by atoms with Crippen molar-refractivity contribution in [1.29, 1.82) is 0 Å². The van der Waals surface area contributed by atoms with Crippen LogP contribution in [0, 0.1) is 11.8 Å². The zero-order valence-electron chi connectivity index (χ0n) is 28.4. The second-order valence-electron chi connectivity index (χ2n) is 12.6. The largest absolute Gasteiger partial charge is 0.480 e. The summed E-state index contributed by atoms with van der Waals surface area (Å²) in [5, 5.41) is 20.6. The molecule has 0 saturated heterocycles. The lowest BCUT2D eigenvalue weighted by Gasteiger charge is -2.25. The maximum Gasteiger partial charge on any atom is 0.326 e. The first-order valence-corrected chi connectivity index (χ1v) is 17.7. The van der Waals surface area contributed by atoms with Gasteiger partial charge in [0.15, 0.2) is 0 Å². The average molecular weight is 709 g/mol. The first kappa shape index (κ1) is 40.3. The minimum atomic E-state index is -4.13. The molecule has 0 saturated carbocycles. The number of sulfonamides is 1. The van der Waals surface area contributed by atoms with Gasteiger partial charge in [-0.25, -0.2) is 17.9 Å². The number of amides is 4. The summed E-state index contributed by atoms with van der Waals surface area (Å²) in [6.07, 6.45) is 0.419. The van der Waals surface area contributed by atoms with E-state index in [1.54, 1.807) is 24.3 Å². The molecule has 48 heavy (non-hydrogen) atoms. The molecule has 2 aromatic rings. The highest BCUT2D eigenvalue weighted by molar-refractivity contribution is 7.89. The van der Waals surface area contributed by atoms with Gasteiger partial charge in [0.2, 0.25) is 33.7 Å². The molecule has 0 fully saturated rings. The van der Waals surface area contributed by atoms with E-state index >= 15 is 0 Å². The monoisotopic (exact) mass is 708 g/mol. The van der Waals surface area contributed by atoms with Gasteiger partial charge in [-0.05, 0) is 43.7 Å². The van der Waals surface area contributed by atoms with E-state index in [9.17, 15) is 37.5 Å². The number of fused-ring (bicyclic) bond motifs is 1. The van der Waals surface area contributed by atoms with E-state index in [4.69, 9.17) is 0 Å². The van der Waals surface area contributed by atoms with Gasteiger partial charge in [0, 0.05) is 36.3 Å². The first-order chi connectivity index (χ1) is 22.4. The van der Waals surface area contributed by atoms with E-state index in [0.717, 1.165) is 5.69 Å². The Balaban J connectivity index is 2.04. The van der Waals surface area contributed by atoms with Gasteiger partial charge in [0.25, 0.3) is 0 Å². The third kappa shape index (κ3) is 11.7. The molecule has 0 unspecified atom stereocenters. The van der Waals surface area contributed by atoms with Crippen molar-refractivity contribution in [3.05, 3.63) is 36.4 Å². The van der Waals surface area contributed by atoms with Crippen molar-refractivity contribution in [2.75, 3.05) is 31.3 Å². The topological polar surface area (TPSA) is 203 Å². The molecule has 4 atom stereocenters. The summed E-state index contributed by atoms with van der Waals surface area (Å²) in [5.41, 5.74) is 0.819. The van der Waals surface area contributed by atoms with Crippen molar-refractivity contribution < 1.29 is 37.5 Å². The van der Waals surface area contributed by atoms with Crippen molar-refractivity contribution in [2.24, 2.45) is 11.8 Å². The molecule has 266 valence electrons. The fraction of sp³-hybridized carbons (Fsp3) is 0.531. The lowest BCUT2D eigenvalue weighted by molar-refractivity contribution is -0.143. The first-order valence-electron chi connectivity index (χ1n) is 15.6. The molecular weight excluding hydrogens is 661 g/mol. The summed E-state index contributed by atoms with van der Waals surface area (Å²) in [4.78, 5) is 65.2. The Morgan fingerprint density at radius 1 is 0.750 bits per heavy atom. The van der Waals surface area contributed by atoms with Gasteiger partial charge in [-0.2, -0.15) is 12.6 Å². The SMILES string of the molecule is CC(C)C[C@H](NC(=O)[C@H](CC(C)C)NC(=O)[C@H](C)NC(=O)[C@H](CS)NC(=O)CNS(=O)(=O)c1cccc2c(N(C)C)cccc12)C(=O)O. The van der Waals surface area contributed by atoms with Gasteiger partial charge in [-0.1, -0.05) is 52.0 Å². The van der Waals surface area contributed by atoms with Crippen molar-refractivity contribution in [2.45, 2.75) is 76.5 Å². The number of anilines is 1. The number of carboxylic acids is 1. The molecular formula is C32H48N6O8S2. The van der Waals surface area contributed by atoms with Gasteiger partial charge in [-0.3, -0.25) is 19.2 Å². The van der Waals surface area contributed by atoms with Gasteiger partial charge >= 0.3 is 5.97 Å². The highest BCUT2D eigenvalue weighted by Crippen LogP contribution is 2.30. The Morgan fingerprint density at radius 3 is 1.85 bits per heavy atom. The number of thiol groups is 1. The van der Waals surface area contributed by atoms with E-state index < -0.39 is 70.3 Å². The number of hydrogen-bond donors (Lipinski definition) is 7. The van der Waals surface area contributed by atoms with Gasteiger partial charge in [-0.15, -0.1) is 0 Å². The number of carboxylic acid groups (broad SMARTS) is 1. The Bertz CT molecular complexity index is 1580. The lowest BCUT2D eigenvalue weighted by atomic mass is 10.0. The van der Waals surface area contributed by atoms with Crippen molar-refractivity contribution in [3.63, 3.8) is 0 Å². The van der Waals surface area contributed by atoms with E-state index in [2.05, 4.69) is 38.6 Å². The maximum absolute atomic E-state index is 13.2. The predicted molar refractivity (Wildman–Crippen MR) is 187 cm³/mol. The minimum absolute atomic E-state index is 0.000962. The Hall–Kier alpha value is -3.89. The maximum atomic E-state index is 13.2. The lowest BCUT2D eigenvalue weighted by Crippen LogP contribution is -2.57. The van der Waals surface area contributed by atoms with Gasteiger partial charge < -0.3 is 31.3 Å². The zero-order valence-corrected chi connectivity index (χ0v) is 30.1. The Morgan fingerprint density at radius 2 is 1.29 bits per heavy atom. The quantitative estimate of drug-likeness (QED) is 0.111. The van der Waals surface area contributed by atoms with Crippen LogP contribution in [-0.4, -0.2) is 93.7 Å². The molecule has 14 nitrogen and oxygen atoms in total. The van der Waals surface area contributed by atoms with Crippen LogP contribution in [0.25, 0.3) is 10.8 Å². The van der Waals surface area contributed by atoms with Crippen LogP contribution in [0.4, 0.5) is 5.69 Å². The summed E-state index contributed by atoms with van der Waals surface area (Å²) < 4.78 is 28.6. The number of carbonyl (C=O) groups is 5. The highest BCUT2D eigenvalue weighted by atomic mass is 32.2. The Labute approximate surface area is 287 Å². The molecule has 2 aromatic carbocycles. The summed E-state index contributed by atoms with van der Waals surface area (Å²) in [7, 11) is -0.445. The number of hydrogen-bond acceptors (Lipinski definition) is 9. The van der Waals surface area contributed by atoms with Crippen LogP contribution in [0.3, 0.4) is 0 Å². The molecule has 6 N–H and O–H groups in total. The highest BCUT2D eigenvalue weighted by Gasteiger charge is 2.30. The summed E-state index contributed by atoms with van der Waals surface area (Å²) in [5.74, 6) is -4.31. The molecule has 0 aliphatic carbocycles. The predicted octanol–water partition coefficient (Wildman–Crippen LogP) is 1.25. The summed E-state index contributed by atoms with van der Waals surface area (Å²) >= 11 is 4.12. The number of aliphatic carboxylic acids is 1. The van der Waals surface area contributed by atoms with Crippen LogP contribution >= 0.6 is 12.6 Å². The molecule has 0 radical (unpaired) electrons. The normalized spacial score (nSPS) is 14.1. The molecule has 0 aromatic heterocycles. The number of benzene rings is 2. The molecule has 0 aliphatic rings. The van der Waals surface area contributed by atoms with Crippen LogP contribution in [0.2, 0.25) is 0 Å². The summed E-state index contributed by atoms with van der Waals surface area (Å²) in [6.45, 7) is 8.04. The second-order valence-corrected chi connectivity index (χ2v) is 14.7. The fourth-order valence-electron chi connectivity index (χ4n) is 4.91. The van der Waals surface area contributed by atoms with Crippen molar-refractivity contribution in [1.82, 2.24) is 26.0 Å². The molecule has 0 spiro atoms. The van der Waals surface area contributed by atoms with E-state index in [1.807, 2.05) is 52.8 Å². The third-order valence-electron chi connectivity index (χ3n) is 7.30. The number of nitrogens with zero attached hydrogens (tertiary/aromatic N) is 1. The van der Waals surface area contributed by atoms with Gasteiger partial charge in [0.05, 0.1) is 11.4 Å². The summed E-state index contributed by atoms with van der Waals surface area (Å²) in [6, 6.07) is 5.56. The minimum Gasteiger partial charge on any atom is -0.480 e. The van der Waals surface area contributed by atoms with Crippen LogP contribution in [0.5, 0.6) is 0 Å². The second kappa shape index (κ2) is 18.0.